The van der Waals surface area contributed by atoms with Crippen molar-refractivity contribution in [1.29, 1.82) is 0 Å². The van der Waals surface area contributed by atoms with Crippen molar-refractivity contribution >= 4 is 12.0 Å². The summed E-state index contributed by atoms with van der Waals surface area (Å²) >= 11 is 0. The second-order valence-corrected chi connectivity index (χ2v) is 5.07. The summed E-state index contributed by atoms with van der Waals surface area (Å²) in [5, 5.41) is 0. The molecule has 0 aliphatic carbocycles. The van der Waals surface area contributed by atoms with Gasteiger partial charge in [0, 0.05) is 25.2 Å². The van der Waals surface area contributed by atoms with E-state index in [4.69, 9.17) is 15.2 Å². The molecule has 2 aliphatic heterocycles. The van der Waals surface area contributed by atoms with Gasteiger partial charge in [0.2, 0.25) is 5.91 Å². The lowest BCUT2D eigenvalue weighted by Gasteiger charge is -2.18. The van der Waals surface area contributed by atoms with Gasteiger partial charge in [0.1, 0.15) is 13.2 Å². The van der Waals surface area contributed by atoms with Crippen LogP contribution in [0.3, 0.4) is 0 Å². The zero-order chi connectivity index (χ0) is 13.9. The molecule has 2 aliphatic rings. The van der Waals surface area contributed by atoms with Gasteiger partial charge in [-0.25, -0.2) is 0 Å². The average Bonchev–Trinajstić information content (AvgIpc) is 2.91. The number of carbonyl (C=O) groups is 1. The molecule has 1 aromatic carbocycles. The van der Waals surface area contributed by atoms with Gasteiger partial charge < -0.3 is 20.1 Å². The third-order valence-corrected chi connectivity index (χ3v) is 3.52. The summed E-state index contributed by atoms with van der Waals surface area (Å²) in [7, 11) is 0. The largest absolute Gasteiger partial charge is 0.486 e. The minimum absolute atomic E-state index is 0.00726. The van der Waals surface area contributed by atoms with Gasteiger partial charge in [0.25, 0.3) is 0 Å². The van der Waals surface area contributed by atoms with Crippen molar-refractivity contribution in [3.05, 3.63) is 29.8 Å². The molecule has 3 rings (SSSR count). The number of nitrogens with zero attached hydrogens (tertiary/aromatic N) is 1. The van der Waals surface area contributed by atoms with E-state index in [1.807, 2.05) is 18.2 Å². The van der Waals surface area contributed by atoms with Crippen LogP contribution in [-0.4, -0.2) is 43.2 Å². The number of benzene rings is 1. The first-order valence-corrected chi connectivity index (χ1v) is 6.84. The molecule has 20 heavy (non-hydrogen) atoms. The molecule has 2 heterocycles. The van der Waals surface area contributed by atoms with Crippen molar-refractivity contribution < 1.29 is 14.3 Å². The molecule has 1 saturated heterocycles. The molecule has 0 spiro atoms. The summed E-state index contributed by atoms with van der Waals surface area (Å²) < 4.78 is 11.0. The van der Waals surface area contributed by atoms with Crippen LogP contribution in [0.15, 0.2) is 24.3 Å². The highest BCUT2D eigenvalue weighted by atomic mass is 16.6. The molecule has 1 aromatic rings. The van der Waals surface area contributed by atoms with Crippen molar-refractivity contribution in [3.8, 4) is 11.5 Å². The number of carbonyl (C=O) groups excluding carboxylic acids is 1. The monoisotopic (exact) mass is 274 g/mol. The van der Waals surface area contributed by atoms with Crippen molar-refractivity contribution in [1.82, 2.24) is 4.90 Å². The van der Waals surface area contributed by atoms with Gasteiger partial charge in [-0.15, -0.1) is 0 Å². The van der Waals surface area contributed by atoms with Crippen molar-refractivity contribution in [2.24, 2.45) is 5.73 Å². The van der Waals surface area contributed by atoms with E-state index in [9.17, 15) is 4.79 Å². The highest BCUT2D eigenvalue weighted by Gasteiger charge is 2.21. The van der Waals surface area contributed by atoms with Crippen LogP contribution in [0.2, 0.25) is 0 Å². The normalized spacial score (nSPS) is 21.4. The van der Waals surface area contributed by atoms with E-state index in [1.165, 1.54) is 0 Å². The Balaban J connectivity index is 1.68. The number of ether oxygens (including phenoxy) is 2. The third kappa shape index (κ3) is 2.77. The fourth-order valence-corrected chi connectivity index (χ4v) is 2.42. The summed E-state index contributed by atoms with van der Waals surface area (Å²) in [5.41, 5.74) is 6.72. The molecule has 1 atom stereocenters. The van der Waals surface area contributed by atoms with E-state index in [-0.39, 0.29) is 11.9 Å². The molecule has 0 radical (unpaired) electrons. The maximum atomic E-state index is 12.0. The number of hydrogen-bond acceptors (Lipinski definition) is 4. The van der Waals surface area contributed by atoms with E-state index in [0.717, 1.165) is 30.0 Å². The maximum Gasteiger partial charge on any atom is 0.246 e. The second kappa shape index (κ2) is 5.54. The van der Waals surface area contributed by atoms with E-state index >= 15 is 0 Å². The topological polar surface area (TPSA) is 64.8 Å². The van der Waals surface area contributed by atoms with Gasteiger partial charge in [-0.3, -0.25) is 4.79 Å². The van der Waals surface area contributed by atoms with Gasteiger partial charge in [-0.05, 0) is 30.2 Å². The number of rotatable bonds is 2. The summed E-state index contributed by atoms with van der Waals surface area (Å²) in [6, 6.07) is 5.77. The van der Waals surface area contributed by atoms with Gasteiger partial charge in [-0.1, -0.05) is 6.07 Å². The lowest BCUT2D eigenvalue weighted by Crippen LogP contribution is -2.30. The van der Waals surface area contributed by atoms with Crippen LogP contribution in [0.25, 0.3) is 6.08 Å². The highest BCUT2D eigenvalue weighted by molar-refractivity contribution is 5.92. The van der Waals surface area contributed by atoms with Gasteiger partial charge in [-0.2, -0.15) is 0 Å². The quantitative estimate of drug-likeness (QED) is 0.818. The molecule has 0 saturated carbocycles. The van der Waals surface area contributed by atoms with Crippen LogP contribution in [0.4, 0.5) is 0 Å². The van der Waals surface area contributed by atoms with Crippen LogP contribution < -0.4 is 15.2 Å². The average molecular weight is 274 g/mol. The standard InChI is InChI=1S/C15H18N2O3/c16-12-5-6-17(10-12)15(18)4-2-11-1-3-13-14(9-11)20-8-7-19-13/h1-4,9,12H,5-8,10,16H2/t12-/m1/s1. The molecule has 1 fully saturated rings. The molecular formula is C15H18N2O3. The van der Waals surface area contributed by atoms with Gasteiger partial charge >= 0.3 is 0 Å². The molecule has 5 nitrogen and oxygen atoms in total. The number of amides is 1. The van der Waals surface area contributed by atoms with Crippen molar-refractivity contribution in [2.75, 3.05) is 26.3 Å². The summed E-state index contributed by atoms with van der Waals surface area (Å²) in [6.45, 7) is 2.52. The molecule has 0 aromatic heterocycles. The predicted molar refractivity (Wildman–Crippen MR) is 75.6 cm³/mol. The first-order valence-electron chi connectivity index (χ1n) is 6.84. The summed E-state index contributed by atoms with van der Waals surface area (Å²) in [5.74, 6) is 1.49. The first kappa shape index (κ1) is 13.0. The molecular weight excluding hydrogens is 256 g/mol. The zero-order valence-corrected chi connectivity index (χ0v) is 11.2. The summed E-state index contributed by atoms with van der Waals surface area (Å²) in [4.78, 5) is 13.8. The minimum Gasteiger partial charge on any atom is -0.486 e. The van der Waals surface area contributed by atoms with Gasteiger partial charge in [0.15, 0.2) is 11.5 Å². The Kier molecular flexibility index (Phi) is 3.60. The van der Waals surface area contributed by atoms with E-state index < -0.39 is 0 Å². The Morgan fingerprint density at radius 2 is 2.10 bits per heavy atom. The maximum absolute atomic E-state index is 12.0. The minimum atomic E-state index is 0.00726. The summed E-state index contributed by atoms with van der Waals surface area (Å²) in [6.07, 6.45) is 4.26. The Labute approximate surface area is 118 Å². The third-order valence-electron chi connectivity index (χ3n) is 3.52. The Morgan fingerprint density at radius 3 is 2.85 bits per heavy atom. The van der Waals surface area contributed by atoms with Crippen molar-refractivity contribution in [2.45, 2.75) is 12.5 Å². The zero-order valence-electron chi connectivity index (χ0n) is 11.2. The SMILES string of the molecule is N[C@@H]1CCN(C(=O)C=Cc2ccc3c(c2)OCCO3)C1. The van der Waals surface area contributed by atoms with Crippen LogP contribution in [0.1, 0.15) is 12.0 Å². The molecule has 5 heteroatoms. The van der Waals surface area contributed by atoms with Crippen LogP contribution >= 0.6 is 0 Å². The van der Waals surface area contributed by atoms with E-state index in [1.54, 1.807) is 17.1 Å². The van der Waals surface area contributed by atoms with Crippen LogP contribution in [-0.2, 0) is 4.79 Å². The Bertz CT molecular complexity index is 542. The number of nitrogens with two attached hydrogens (primary N) is 1. The smallest absolute Gasteiger partial charge is 0.246 e. The Hall–Kier alpha value is -2.01. The molecule has 106 valence electrons. The number of fused-ring (bicyclic) bond motifs is 1. The van der Waals surface area contributed by atoms with Crippen LogP contribution in [0.5, 0.6) is 11.5 Å². The lowest BCUT2D eigenvalue weighted by atomic mass is 10.2. The fraction of sp³-hybridized carbons (Fsp3) is 0.400. The van der Waals surface area contributed by atoms with Crippen LogP contribution in [0, 0.1) is 0 Å². The lowest BCUT2D eigenvalue weighted by molar-refractivity contribution is -0.124. The molecule has 0 unspecified atom stereocenters. The second-order valence-electron chi connectivity index (χ2n) is 5.07. The number of hydrogen-bond donors (Lipinski definition) is 1. The van der Waals surface area contributed by atoms with Gasteiger partial charge in [0.05, 0.1) is 0 Å². The molecule has 1 amide bonds. The molecule has 0 bridgehead atoms. The molecule has 2 N–H and O–H groups in total. The number of likely N-dealkylation sites (tertiary alicyclic amines) is 1. The highest BCUT2D eigenvalue weighted by Crippen LogP contribution is 2.31. The fourth-order valence-electron chi connectivity index (χ4n) is 2.42. The Morgan fingerprint density at radius 1 is 1.30 bits per heavy atom. The van der Waals surface area contributed by atoms with E-state index in [0.29, 0.717) is 19.8 Å². The first-order chi connectivity index (χ1) is 9.72. The van der Waals surface area contributed by atoms with E-state index in [2.05, 4.69) is 0 Å². The van der Waals surface area contributed by atoms with Crippen molar-refractivity contribution in [3.63, 3.8) is 0 Å². The predicted octanol–water partition coefficient (Wildman–Crippen LogP) is 1.03.